The number of hydrogen-bond acceptors (Lipinski definition) is 6. The number of aliphatic carboxylic acids is 1. The molecule has 170 valence electrons. The van der Waals surface area contributed by atoms with Crippen molar-refractivity contribution >= 4 is 28.3 Å². The van der Waals surface area contributed by atoms with Gasteiger partial charge in [-0.25, -0.2) is 14.4 Å². The quantitative estimate of drug-likeness (QED) is 0.424. The second kappa shape index (κ2) is 7.43. The molecule has 0 unspecified atom stereocenters. The number of nitrogens with one attached hydrogen (secondary N) is 2. The first-order chi connectivity index (χ1) is 16.0. The van der Waals surface area contributed by atoms with Gasteiger partial charge in [0.15, 0.2) is 11.6 Å². The second-order valence-corrected chi connectivity index (χ2v) is 8.92. The number of H-pyrrole nitrogens is 1. The van der Waals surface area contributed by atoms with E-state index in [1.54, 1.807) is 23.9 Å². The number of carboxylic acid groups (broad SMARTS) is 1. The highest BCUT2D eigenvalue weighted by molar-refractivity contribution is 5.92. The fraction of sp³-hybridized carbons (Fsp3) is 0.391. The minimum Gasteiger partial charge on any atom is -0.481 e. The number of pyridine rings is 1. The Labute approximate surface area is 188 Å². The van der Waals surface area contributed by atoms with Crippen LogP contribution in [0.1, 0.15) is 25.7 Å². The summed E-state index contributed by atoms with van der Waals surface area (Å²) in [6.45, 7) is 0. The molecular weight excluding hydrogens is 427 g/mol. The lowest BCUT2D eigenvalue weighted by Gasteiger charge is -2.47. The van der Waals surface area contributed by atoms with Gasteiger partial charge in [0.25, 0.3) is 0 Å². The van der Waals surface area contributed by atoms with Crippen LogP contribution in [0.3, 0.4) is 0 Å². The van der Waals surface area contributed by atoms with Gasteiger partial charge in [-0.05, 0) is 49.7 Å². The topological polar surface area (TPSA) is 117 Å². The molecule has 2 bridgehead atoms. The number of ether oxygens (including phenoxy) is 1. The Kier molecular flexibility index (Phi) is 4.49. The van der Waals surface area contributed by atoms with Crippen molar-refractivity contribution in [2.45, 2.75) is 31.7 Å². The molecular formula is C23H23FN6O3. The van der Waals surface area contributed by atoms with Gasteiger partial charge in [0.2, 0.25) is 5.88 Å². The zero-order valence-corrected chi connectivity index (χ0v) is 18.0. The predicted molar refractivity (Wildman–Crippen MR) is 119 cm³/mol. The van der Waals surface area contributed by atoms with E-state index in [0.717, 1.165) is 31.9 Å². The molecule has 4 heterocycles. The van der Waals surface area contributed by atoms with Gasteiger partial charge >= 0.3 is 5.97 Å². The number of nitrogens with zero attached hydrogens (tertiary/aromatic N) is 4. The van der Waals surface area contributed by atoms with Gasteiger partial charge in [0, 0.05) is 29.3 Å². The summed E-state index contributed by atoms with van der Waals surface area (Å²) in [6, 6.07) is 4.81. The molecule has 0 aliphatic heterocycles. The summed E-state index contributed by atoms with van der Waals surface area (Å²) in [6.07, 6.45) is 6.78. The predicted octanol–water partition coefficient (Wildman–Crippen LogP) is 3.72. The van der Waals surface area contributed by atoms with E-state index in [0.29, 0.717) is 39.6 Å². The summed E-state index contributed by atoms with van der Waals surface area (Å²) in [5.74, 6) is 0.170. The molecule has 0 radical (unpaired) electrons. The first-order valence-corrected chi connectivity index (χ1v) is 11.1. The van der Waals surface area contributed by atoms with E-state index < -0.39 is 17.7 Å². The van der Waals surface area contributed by atoms with Crippen LogP contribution in [0.5, 0.6) is 5.88 Å². The lowest BCUT2D eigenvalue weighted by Crippen LogP contribution is -2.51. The minimum atomic E-state index is -0.765. The third-order valence-electron chi connectivity index (χ3n) is 7.23. The van der Waals surface area contributed by atoms with E-state index in [9.17, 15) is 14.3 Å². The maximum atomic E-state index is 13.9. The second-order valence-electron chi connectivity index (χ2n) is 8.92. The van der Waals surface area contributed by atoms with Crippen LogP contribution in [0.25, 0.3) is 27.9 Å². The Hall–Kier alpha value is -3.69. The summed E-state index contributed by atoms with van der Waals surface area (Å²) in [5, 5.41) is 18.6. The van der Waals surface area contributed by atoms with E-state index in [1.807, 2.05) is 6.07 Å². The van der Waals surface area contributed by atoms with E-state index in [2.05, 4.69) is 20.4 Å². The number of carboxylic acids is 1. The smallest absolute Gasteiger partial charge is 0.308 e. The Bertz CT molecular complexity index is 1370. The lowest BCUT2D eigenvalue weighted by molar-refractivity contribution is -0.148. The van der Waals surface area contributed by atoms with E-state index in [1.165, 1.54) is 6.07 Å². The molecule has 10 heteroatoms. The number of fused-ring (bicyclic) bond motifs is 5. The van der Waals surface area contributed by atoms with Crippen molar-refractivity contribution in [3.8, 4) is 17.3 Å². The van der Waals surface area contributed by atoms with Crippen molar-refractivity contribution in [2.24, 2.45) is 17.8 Å². The van der Waals surface area contributed by atoms with Gasteiger partial charge in [0.1, 0.15) is 17.0 Å². The number of halogens is 1. The molecule has 4 aromatic rings. The van der Waals surface area contributed by atoms with Crippen LogP contribution in [0.2, 0.25) is 0 Å². The first kappa shape index (κ1) is 20.0. The number of hydrogen-bond donors (Lipinski definition) is 3. The molecule has 33 heavy (non-hydrogen) atoms. The number of aromatic nitrogens is 5. The third kappa shape index (κ3) is 3.12. The van der Waals surface area contributed by atoms with E-state index in [4.69, 9.17) is 9.72 Å². The van der Waals surface area contributed by atoms with E-state index >= 15 is 0 Å². The van der Waals surface area contributed by atoms with Crippen LogP contribution in [-0.4, -0.2) is 48.8 Å². The lowest BCUT2D eigenvalue weighted by atomic mass is 9.61. The van der Waals surface area contributed by atoms with Gasteiger partial charge in [-0.3, -0.25) is 4.79 Å². The highest BCUT2D eigenvalue weighted by Gasteiger charge is 2.47. The molecule has 7 rings (SSSR count). The van der Waals surface area contributed by atoms with Crippen molar-refractivity contribution in [1.29, 1.82) is 0 Å². The van der Waals surface area contributed by atoms with Gasteiger partial charge in [0.05, 0.1) is 19.2 Å². The average molecular weight is 450 g/mol. The molecule has 3 saturated carbocycles. The molecule has 3 N–H and O–H groups in total. The van der Waals surface area contributed by atoms with Crippen molar-refractivity contribution in [3.63, 3.8) is 0 Å². The van der Waals surface area contributed by atoms with Crippen molar-refractivity contribution in [1.82, 2.24) is 24.6 Å². The van der Waals surface area contributed by atoms with Crippen LogP contribution < -0.4 is 10.1 Å². The molecule has 2 atom stereocenters. The van der Waals surface area contributed by atoms with Crippen LogP contribution in [0.15, 0.2) is 30.6 Å². The molecule has 3 aliphatic carbocycles. The molecule has 3 fully saturated rings. The summed E-state index contributed by atoms with van der Waals surface area (Å²) in [4.78, 5) is 24.0. The average Bonchev–Trinajstić information content (AvgIpc) is 3.43. The summed E-state index contributed by atoms with van der Waals surface area (Å²) in [7, 11) is 1.56. The van der Waals surface area contributed by atoms with Crippen molar-refractivity contribution < 1.29 is 19.0 Å². The maximum Gasteiger partial charge on any atom is 0.308 e. The van der Waals surface area contributed by atoms with Crippen LogP contribution >= 0.6 is 0 Å². The molecule has 4 aromatic heterocycles. The monoisotopic (exact) mass is 450 g/mol. The van der Waals surface area contributed by atoms with E-state index in [-0.39, 0.29) is 17.9 Å². The van der Waals surface area contributed by atoms with Crippen molar-refractivity contribution in [3.05, 3.63) is 36.4 Å². The first-order valence-electron chi connectivity index (χ1n) is 11.1. The van der Waals surface area contributed by atoms with Crippen LogP contribution in [0, 0.1) is 23.6 Å². The number of rotatable bonds is 5. The van der Waals surface area contributed by atoms with Crippen molar-refractivity contribution in [2.75, 3.05) is 12.4 Å². The molecule has 0 spiro atoms. The summed E-state index contributed by atoms with van der Waals surface area (Å²) >= 11 is 0. The Morgan fingerprint density at radius 3 is 2.82 bits per heavy atom. The summed E-state index contributed by atoms with van der Waals surface area (Å²) in [5.41, 5.74) is 1.81. The third-order valence-corrected chi connectivity index (χ3v) is 7.23. The summed E-state index contributed by atoms with van der Waals surface area (Å²) < 4.78 is 21.0. The normalized spacial score (nSPS) is 24.4. The van der Waals surface area contributed by atoms with Gasteiger partial charge < -0.3 is 20.1 Å². The highest BCUT2D eigenvalue weighted by atomic mass is 19.1. The number of anilines is 1. The Morgan fingerprint density at radius 2 is 2.06 bits per heavy atom. The largest absolute Gasteiger partial charge is 0.481 e. The maximum absolute atomic E-state index is 13.9. The molecule has 3 aliphatic rings. The fourth-order valence-electron chi connectivity index (χ4n) is 5.68. The molecule has 0 saturated heterocycles. The number of aromatic amines is 1. The zero-order chi connectivity index (χ0) is 22.7. The number of carbonyl (C=O) groups is 1. The van der Waals surface area contributed by atoms with Gasteiger partial charge in [-0.15, -0.1) is 5.10 Å². The number of methoxy groups -OCH3 is 1. The fourth-order valence-corrected chi connectivity index (χ4v) is 5.68. The van der Waals surface area contributed by atoms with Crippen LogP contribution in [-0.2, 0) is 4.79 Å². The van der Waals surface area contributed by atoms with Gasteiger partial charge in [-0.1, -0.05) is 0 Å². The molecule has 0 amide bonds. The Morgan fingerprint density at radius 1 is 1.27 bits per heavy atom. The zero-order valence-electron chi connectivity index (χ0n) is 18.0. The van der Waals surface area contributed by atoms with Crippen LogP contribution in [0.4, 0.5) is 10.2 Å². The standard InChI is InChI=1S/C23H23FN6O3/c1-33-17-7-6-16-22(27-19-12-4-2-11(3-5-12)18(19)23(31)32)28-21(29-30(16)17)15-10-26-20-14(15)8-13(24)9-25-20/h6-12,18-19H,2-5H2,1H3,(H,25,26)(H,31,32)(H,27,28,29)/t11-,12+,18-,19-/m0/s1. The molecule has 9 nitrogen and oxygen atoms in total. The minimum absolute atomic E-state index is 0.173. The molecule has 0 aromatic carbocycles. The highest BCUT2D eigenvalue weighted by Crippen LogP contribution is 2.46. The Balaban J connectivity index is 1.50. The van der Waals surface area contributed by atoms with Gasteiger partial charge in [-0.2, -0.15) is 4.52 Å². The SMILES string of the molecule is COc1ccc2c(N[C@H]3[C@H]4CC[C@H](CC4)[C@@H]3C(=O)O)nc(-c3c[nH]c4ncc(F)cc34)nn12.